The number of rotatable bonds is 3. The Morgan fingerprint density at radius 3 is 2.47 bits per heavy atom. The first kappa shape index (κ1) is 13.5. The molecule has 0 fully saturated rings. The number of hydrogen-bond donors (Lipinski definition) is 2. The topological polar surface area (TPSA) is 55.1 Å². The number of nitrogen functional groups attached to an aromatic ring is 1. The van der Waals surface area contributed by atoms with Crippen molar-refractivity contribution < 1.29 is 9.18 Å². The van der Waals surface area contributed by atoms with Gasteiger partial charge in [0.05, 0.1) is 4.47 Å². The second-order valence-corrected chi connectivity index (χ2v) is 4.97. The van der Waals surface area contributed by atoms with E-state index in [1.54, 1.807) is 30.3 Å². The predicted molar refractivity (Wildman–Crippen MR) is 78.2 cm³/mol. The van der Waals surface area contributed by atoms with E-state index in [0.717, 1.165) is 0 Å². The molecule has 0 atom stereocenters. The molecule has 0 heterocycles. The number of ketones is 1. The van der Waals surface area contributed by atoms with Gasteiger partial charge in [-0.15, -0.1) is 0 Å². The molecule has 0 unspecified atom stereocenters. The molecule has 0 aliphatic heterocycles. The van der Waals surface area contributed by atoms with E-state index in [4.69, 9.17) is 5.73 Å². The molecule has 0 radical (unpaired) electrons. The van der Waals surface area contributed by atoms with Crippen molar-refractivity contribution in [1.82, 2.24) is 0 Å². The Morgan fingerprint density at radius 2 is 1.84 bits per heavy atom. The molecule has 2 aromatic rings. The van der Waals surface area contributed by atoms with Gasteiger partial charge in [0.2, 0.25) is 0 Å². The van der Waals surface area contributed by atoms with Crippen LogP contribution in [0.25, 0.3) is 0 Å². The average Bonchev–Trinajstić information content (AvgIpc) is 2.36. The van der Waals surface area contributed by atoms with Gasteiger partial charge in [0.1, 0.15) is 5.82 Å². The second-order valence-electron chi connectivity index (χ2n) is 4.11. The second kappa shape index (κ2) is 5.40. The van der Waals surface area contributed by atoms with Crippen molar-refractivity contribution in [2.45, 2.75) is 6.92 Å². The Morgan fingerprint density at radius 1 is 1.21 bits per heavy atom. The summed E-state index contributed by atoms with van der Waals surface area (Å²) in [4.78, 5) is 11.4. The van der Waals surface area contributed by atoms with Crippen LogP contribution in [-0.4, -0.2) is 5.78 Å². The van der Waals surface area contributed by atoms with Crippen LogP contribution < -0.4 is 11.1 Å². The van der Waals surface area contributed by atoms with E-state index in [9.17, 15) is 9.18 Å². The third-order valence-electron chi connectivity index (χ3n) is 2.64. The SMILES string of the molecule is CC(=O)c1cc(Nc2ccc(Br)c(F)c2)ccc1N. The van der Waals surface area contributed by atoms with Gasteiger partial charge in [-0.3, -0.25) is 4.79 Å². The molecule has 2 rings (SSSR count). The first-order valence-corrected chi connectivity index (χ1v) is 6.39. The van der Waals surface area contributed by atoms with Gasteiger partial charge in [-0.2, -0.15) is 0 Å². The summed E-state index contributed by atoms with van der Waals surface area (Å²) in [6.07, 6.45) is 0. The lowest BCUT2D eigenvalue weighted by molar-refractivity contribution is 0.101. The molecule has 19 heavy (non-hydrogen) atoms. The van der Waals surface area contributed by atoms with Crippen LogP contribution in [0.5, 0.6) is 0 Å². The third-order valence-corrected chi connectivity index (χ3v) is 3.28. The Kier molecular flexibility index (Phi) is 3.85. The first-order chi connectivity index (χ1) is 8.97. The number of nitrogens with two attached hydrogens (primary N) is 1. The first-order valence-electron chi connectivity index (χ1n) is 5.60. The molecule has 0 spiro atoms. The van der Waals surface area contributed by atoms with Crippen molar-refractivity contribution in [1.29, 1.82) is 0 Å². The molecule has 98 valence electrons. The standard InChI is InChI=1S/C14H12BrFN2O/c1-8(19)11-6-9(3-5-14(11)17)18-10-2-4-12(15)13(16)7-10/h2-7,18H,17H2,1H3. The zero-order valence-corrected chi connectivity index (χ0v) is 11.8. The van der Waals surface area contributed by atoms with E-state index in [1.807, 2.05) is 0 Å². The highest BCUT2D eigenvalue weighted by atomic mass is 79.9. The molecule has 3 nitrogen and oxygen atoms in total. The fourth-order valence-corrected chi connectivity index (χ4v) is 1.93. The van der Waals surface area contributed by atoms with Gasteiger partial charge in [0.15, 0.2) is 5.78 Å². The summed E-state index contributed by atoms with van der Waals surface area (Å²) >= 11 is 3.09. The number of nitrogens with one attached hydrogen (secondary N) is 1. The van der Waals surface area contributed by atoms with Gasteiger partial charge >= 0.3 is 0 Å². The summed E-state index contributed by atoms with van der Waals surface area (Å²) in [6.45, 7) is 1.45. The number of carbonyl (C=O) groups is 1. The van der Waals surface area contributed by atoms with Crippen LogP contribution in [0.1, 0.15) is 17.3 Å². The molecule has 0 aliphatic rings. The zero-order chi connectivity index (χ0) is 14.0. The maximum atomic E-state index is 13.4. The summed E-state index contributed by atoms with van der Waals surface area (Å²) in [6, 6.07) is 9.75. The van der Waals surface area contributed by atoms with Crippen molar-refractivity contribution in [2.75, 3.05) is 11.1 Å². The minimum absolute atomic E-state index is 0.108. The van der Waals surface area contributed by atoms with Crippen LogP contribution in [0, 0.1) is 5.82 Å². The number of anilines is 3. The lowest BCUT2D eigenvalue weighted by Gasteiger charge is -2.09. The lowest BCUT2D eigenvalue weighted by atomic mass is 10.1. The Balaban J connectivity index is 2.30. The zero-order valence-electron chi connectivity index (χ0n) is 10.2. The van der Waals surface area contributed by atoms with E-state index in [1.165, 1.54) is 13.0 Å². The largest absolute Gasteiger partial charge is 0.398 e. The van der Waals surface area contributed by atoms with Gasteiger partial charge in [-0.1, -0.05) is 0 Å². The number of carbonyl (C=O) groups excluding carboxylic acids is 1. The Bertz CT molecular complexity index is 643. The predicted octanol–water partition coefficient (Wildman–Crippen LogP) is 4.12. The molecule has 0 amide bonds. The average molecular weight is 323 g/mol. The fraction of sp³-hybridized carbons (Fsp3) is 0.0714. The van der Waals surface area contributed by atoms with Crippen LogP contribution >= 0.6 is 15.9 Å². The maximum Gasteiger partial charge on any atom is 0.161 e. The highest BCUT2D eigenvalue weighted by Crippen LogP contribution is 2.24. The van der Waals surface area contributed by atoms with Gasteiger partial charge in [0.25, 0.3) is 0 Å². The maximum absolute atomic E-state index is 13.4. The molecule has 3 N–H and O–H groups in total. The lowest BCUT2D eigenvalue weighted by Crippen LogP contribution is -2.01. The van der Waals surface area contributed by atoms with Gasteiger partial charge in [-0.05, 0) is 59.3 Å². The third kappa shape index (κ3) is 3.12. The molecular weight excluding hydrogens is 311 g/mol. The molecule has 0 saturated heterocycles. The minimum atomic E-state index is -0.354. The molecular formula is C14H12BrFN2O. The number of Topliss-reactive ketones (excluding diaryl/α,β-unsaturated/α-hetero) is 1. The van der Waals surface area contributed by atoms with Crippen molar-refractivity contribution in [3.05, 3.63) is 52.3 Å². The van der Waals surface area contributed by atoms with E-state index in [-0.39, 0.29) is 11.6 Å². The van der Waals surface area contributed by atoms with Crippen LogP contribution in [0.3, 0.4) is 0 Å². The highest BCUT2D eigenvalue weighted by Gasteiger charge is 2.07. The quantitative estimate of drug-likeness (QED) is 0.660. The van der Waals surface area contributed by atoms with Crippen LogP contribution in [-0.2, 0) is 0 Å². The normalized spacial score (nSPS) is 10.3. The monoisotopic (exact) mass is 322 g/mol. The number of hydrogen-bond acceptors (Lipinski definition) is 3. The van der Waals surface area contributed by atoms with Gasteiger partial charge < -0.3 is 11.1 Å². The Hall–Kier alpha value is -1.88. The molecule has 0 aromatic heterocycles. The van der Waals surface area contributed by atoms with Gasteiger partial charge in [-0.25, -0.2) is 4.39 Å². The van der Waals surface area contributed by atoms with Crippen LogP contribution in [0.2, 0.25) is 0 Å². The fourth-order valence-electron chi connectivity index (χ4n) is 1.68. The van der Waals surface area contributed by atoms with Gasteiger partial charge in [0, 0.05) is 22.6 Å². The number of benzene rings is 2. The van der Waals surface area contributed by atoms with E-state index < -0.39 is 0 Å². The molecule has 0 saturated carbocycles. The molecule has 5 heteroatoms. The minimum Gasteiger partial charge on any atom is -0.398 e. The van der Waals surface area contributed by atoms with Crippen LogP contribution in [0.4, 0.5) is 21.5 Å². The molecule has 0 aliphatic carbocycles. The van der Waals surface area contributed by atoms with E-state index in [0.29, 0.717) is 27.1 Å². The summed E-state index contributed by atoms with van der Waals surface area (Å²) in [5.41, 5.74) is 7.87. The summed E-state index contributed by atoms with van der Waals surface area (Å²) in [5, 5.41) is 3.03. The van der Waals surface area contributed by atoms with Crippen molar-refractivity contribution >= 4 is 38.8 Å². The highest BCUT2D eigenvalue weighted by molar-refractivity contribution is 9.10. The summed E-state index contributed by atoms with van der Waals surface area (Å²) in [7, 11) is 0. The van der Waals surface area contributed by atoms with Crippen molar-refractivity contribution in [3.8, 4) is 0 Å². The summed E-state index contributed by atoms with van der Waals surface area (Å²) in [5.74, 6) is -0.463. The van der Waals surface area contributed by atoms with Crippen LogP contribution in [0.15, 0.2) is 40.9 Å². The van der Waals surface area contributed by atoms with Crippen molar-refractivity contribution in [3.63, 3.8) is 0 Å². The van der Waals surface area contributed by atoms with E-state index >= 15 is 0 Å². The smallest absolute Gasteiger partial charge is 0.161 e. The Labute approximate surface area is 118 Å². The molecule has 2 aromatic carbocycles. The summed E-state index contributed by atoms with van der Waals surface area (Å²) < 4.78 is 13.8. The van der Waals surface area contributed by atoms with Crippen molar-refractivity contribution in [2.24, 2.45) is 0 Å². The van der Waals surface area contributed by atoms with E-state index in [2.05, 4.69) is 21.2 Å². The number of halogens is 2. The molecule has 0 bridgehead atoms.